The number of esters is 1. The van der Waals surface area contributed by atoms with Gasteiger partial charge in [0.25, 0.3) is 0 Å². The van der Waals surface area contributed by atoms with Gasteiger partial charge in [-0.2, -0.15) is 44.8 Å². The minimum atomic E-state index is -5.08. The molecular formula is C56H43BrF9N9O8S2. The van der Waals surface area contributed by atoms with Crippen LogP contribution in [0.15, 0.2) is 102 Å². The highest BCUT2D eigenvalue weighted by Gasteiger charge is 2.43. The largest absolute Gasteiger partial charge is 0.490 e. The molecule has 85 heavy (non-hydrogen) atoms. The lowest BCUT2D eigenvalue weighted by Crippen LogP contribution is -2.32. The van der Waals surface area contributed by atoms with Crippen LogP contribution >= 0.6 is 38.6 Å². The van der Waals surface area contributed by atoms with Crippen molar-refractivity contribution in [2.45, 2.75) is 82.1 Å². The highest BCUT2D eigenvalue weighted by Crippen LogP contribution is 2.48. The number of thiazole rings is 2. The average Bonchev–Trinajstić information content (AvgIpc) is 1.83. The lowest BCUT2D eigenvalue weighted by atomic mass is 9.77. The van der Waals surface area contributed by atoms with Gasteiger partial charge in [0.05, 0.1) is 56.1 Å². The van der Waals surface area contributed by atoms with Crippen LogP contribution in [0.5, 0.6) is 0 Å². The van der Waals surface area contributed by atoms with Crippen LogP contribution in [0.3, 0.4) is 0 Å². The number of halogens is 10. The number of methoxy groups -OCH3 is 1. The summed E-state index contributed by atoms with van der Waals surface area (Å²) < 4.78 is 116. The Morgan fingerprint density at radius 2 is 1.08 bits per heavy atom. The molecule has 0 saturated carbocycles. The maximum atomic E-state index is 13.1. The van der Waals surface area contributed by atoms with Crippen molar-refractivity contribution >= 4 is 79.8 Å². The first-order chi connectivity index (χ1) is 39.9. The van der Waals surface area contributed by atoms with Crippen molar-refractivity contribution in [3.63, 3.8) is 0 Å². The van der Waals surface area contributed by atoms with E-state index in [1.165, 1.54) is 41.9 Å². The Hall–Kier alpha value is -8.43. The standard InChI is InChI=1S/C27H22BrF3N4O3S.C27H20F3N5O3S.C2HF3O2/c1-14-10-19(34-22(11-14)35-21-12-15(7-9-32-21)27(29,30)31)20-13-33-25(39-20)26(37)8-3-4-16-18(26)6-5-17(23(16)28)24(36)38-2;1-14-9-20(34-23(10-14)35-22-11-15(6-8-32-22)27(28,29)30)21-13-33-25(39-21)26(38)7-2-3-16-18(12-31)17(24(36)37)4-5-19(16)26;3-2(4,5)1(6)7/h5-7,9-13,37H,3-4,8H2,1-2H3,(H,32,34,35);4-6,8-11,13,38H,2-3,7H2,1H3,(H,36,37)(H,32,34,35);(H,6,7). The minimum absolute atomic E-state index is 0.0129. The summed E-state index contributed by atoms with van der Waals surface area (Å²) in [5.41, 5.74) is 0.880. The number of aliphatic carboxylic acids is 1. The van der Waals surface area contributed by atoms with Crippen LogP contribution in [0.25, 0.3) is 21.1 Å². The van der Waals surface area contributed by atoms with Gasteiger partial charge in [0.15, 0.2) is 0 Å². The summed E-state index contributed by atoms with van der Waals surface area (Å²) in [4.78, 5) is 59.9. The number of nitrogens with zero attached hydrogens (tertiary/aromatic N) is 7. The summed E-state index contributed by atoms with van der Waals surface area (Å²) in [7, 11) is 1.32. The zero-order valence-electron chi connectivity index (χ0n) is 44.1. The van der Waals surface area contributed by atoms with Crippen LogP contribution in [0, 0.1) is 25.2 Å². The molecule has 0 amide bonds. The summed E-state index contributed by atoms with van der Waals surface area (Å²) in [6, 6.07) is 18.8. The Labute approximate surface area is 492 Å². The van der Waals surface area contributed by atoms with E-state index in [-0.39, 0.29) is 28.6 Å². The molecule has 2 atom stereocenters. The fourth-order valence-electron chi connectivity index (χ4n) is 9.37. The number of fused-ring (bicyclic) bond motifs is 2. The third-order valence-corrected chi connectivity index (χ3v) is 16.5. The Kier molecular flexibility index (Phi) is 18.2. The van der Waals surface area contributed by atoms with Crippen molar-refractivity contribution in [3.05, 3.63) is 173 Å². The smallest absolute Gasteiger partial charge is 0.478 e. The molecule has 2 aromatic carbocycles. The Bertz CT molecular complexity index is 3930. The molecule has 2 unspecified atom stereocenters. The summed E-state index contributed by atoms with van der Waals surface area (Å²) in [5.74, 6) is -3.82. The molecule has 6 N–H and O–H groups in total. The van der Waals surface area contributed by atoms with E-state index in [1.807, 2.05) is 26.0 Å². The Morgan fingerprint density at radius 3 is 1.49 bits per heavy atom. The summed E-state index contributed by atoms with van der Waals surface area (Å²) in [5, 5.41) is 56.4. The number of carbonyl (C=O) groups is 3. The number of benzene rings is 2. The number of carboxylic acids is 2. The highest BCUT2D eigenvalue weighted by molar-refractivity contribution is 9.10. The molecule has 8 aromatic rings. The first kappa shape index (κ1) is 62.6. The quantitative estimate of drug-likeness (QED) is 0.0549. The van der Waals surface area contributed by atoms with Gasteiger partial charge in [-0.05, 0) is 162 Å². The second-order valence-electron chi connectivity index (χ2n) is 19.1. The van der Waals surface area contributed by atoms with E-state index in [9.17, 15) is 69.7 Å². The molecule has 2 aliphatic carbocycles. The molecule has 2 aliphatic rings. The zero-order chi connectivity index (χ0) is 62.0. The van der Waals surface area contributed by atoms with Crippen molar-refractivity contribution in [3.8, 4) is 27.2 Å². The maximum Gasteiger partial charge on any atom is 0.490 e. The van der Waals surface area contributed by atoms with E-state index in [0.29, 0.717) is 102 Å². The van der Waals surface area contributed by atoms with Gasteiger partial charge in [-0.15, -0.1) is 22.7 Å². The number of aromatic carboxylic acids is 1. The van der Waals surface area contributed by atoms with Gasteiger partial charge in [0.2, 0.25) is 0 Å². The second-order valence-corrected chi connectivity index (χ2v) is 22.0. The molecule has 0 spiro atoms. The van der Waals surface area contributed by atoms with Gasteiger partial charge in [0, 0.05) is 29.3 Å². The van der Waals surface area contributed by atoms with Crippen molar-refractivity contribution in [1.82, 2.24) is 29.9 Å². The van der Waals surface area contributed by atoms with E-state index in [4.69, 9.17) is 14.6 Å². The Morgan fingerprint density at radius 1 is 0.647 bits per heavy atom. The number of aliphatic hydroxyl groups is 2. The van der Waals surface area contributed by atoms with Crippen molar-refractivity contribution in [1.29, 1.82) is 5.26 Å². The van der Waals surface area contributed by atoms with Crippen LogP contribution in [-0.4, -0.2) is 81.5 Å². The molecule has 0 bridgehead atoms. The number of nitrogens with one attached hydrogen (secondary N) is 2. The minimum Gasteiger partial charge on any atom is -0.478 e. The van der Waals surface area contributed by atoms with Gasteiger partial charge in [-0.25, -0.2) is 44.3 Å². The summed E-state index contributed by atoms with van der Waals surface area (Å²) in [6.45, 7) is 3.66. The topological polar surface area (TPSA) is 267 Å². The molecule has 0 saturated heterocycles. The monoisotopic (exact) mass is 1280 g/mol. The number of hydrogen-bond acceptors (Lipinski definition) is 17. The van der Waals surface area contributed by atoms with Crippen LogP contribution < -0.4 is 10.6 Å². The summed E-state index contributed by atoms with van der Waals surface area (Å²) >= 11 is 6.00. The molecule has 442 valence electrons. The number of hydrogen-bond donors (Lipinski definition) is 6. The molecule has 17 nitrogen and oxygen atoms in total. The highest BCUT2D eigenvalue weighted by atomic mass is 79.9. The second kappa shape index (κ2) is 24.6. The first-order valence-corrected chi connectivity index (χ1v) is 27.3. The molecule has 6 heterocycles. The molecule has 6 aromatic heterocycles. The van der Waals surface area contributed by atoms with Crippen molar-refractivity contribution in [2.24, 2.45) is 0 Å². The number of alkyl halides is 9. The number of nitriles is 1. The first-order valence-electron chi connectivity index (χ1n) is 24.9. The third-order valence-electron chi connectivity index (χ3n) is 13.2. The van der Waals surface area contributed by atoms with E-state index < -0.39 is 58.8 Å². The van der Waals surface area contributed by atoms with E-state index in [2.05, 4.69) is 56.5 Å². The average molecular weight is 1290 g/mol. The van der Waals surface area contributed by atoms with Crippen LogP contribution in [0.1, 0.15) is 106 Å². The van der Waals surface area contributed by atoms with Crippen molar-refractivity contribution in [2.75, 3.05) is 17.7 Å². The van der Waals surface area contributed by atoms with Gasteiger partial charge >= 0.3 is 36.4 Å². The van der Waals surface area contributed by atoms with Gasteiger partial charge in [0.1, 0.15) is 50.6 Å². The molecular weight excluding hydrogens is 1240 g/mol. The molecule has 0 radical (unpaired) electrons. The predicted octanol–water partition coefficient (Wildman–Crippen LogP) is 13.2. The zero-order valence-corrected chi connectivity index (χ0v) is 47.3. The fraction of sp³-hybridized carbons (Fsp3) is 0.250. The van der Waals surface area contributed by atoms with E-state index in [0.717, 1.165) is 53.3 Å². The lowest BCUT2D eigenvalue weighted by molar-refractivity contribution is -0.192. The molecule has 10 rings (SSSR count). The molecule has 29 heteroatoms. The molecule has 0 aliphatic heterocycles. The third kappa shape index (κ3) is 13.9. The van der Waals surface area contributed by atoms with Crippen LogP contribution in [0.2, 0.25) is 0 Å². The van der Waals surface area contributed by atoms with E-state index in [1.54, 1.807) is 42.7 Å². The number of aromatic nitrogens is 6. The SMILES string of the molecule is COC(=O)c1ccc2c(c1Br)CCCC2(O)c1ncc(-c2cc(C)cc(Nc3cc(C(F)(F)F)ccn3)n2)s1.Cc1cc(Nc2cc(C(F)(F)F)ccn2)nc(-c2cnc(C3(O)CCCc4c3ccc(C(=O)O)c4C#N)s2)c1.O=C(O)C(F)(F)F. The van der Waals surface area contributed by atoms with E-state index >= 15 is 0 Å². The number of anilines is 4. The predicted molar refractivity (Wildman–Crippen MR) is 294 cm³/mol. The van der Waals surface area contributed by atoms with Crippen molar-refractivity contribution < 1.29 is 79.1 Å². The summed E-state index contributed by atoms with van der Waals surface area (Å²) in [6.07, 6.45) is -5.62. The number of carbonyl (C=O) groups excluding carboxylic acids is 1. The fourth-order valence-corrected chi connectivity index (χ4v) is 12.1. The van der Waals surface area contributed by atoms with Crippen LogP contribution in [-0.2, 0) is 45.9 Å². The number of pyridine rings is 4. The number of carboxylic acid groups (broad SMARTS) is 2. The normalized spacial score (nSPS) is 16.4. The van der Waals surface area contributed by atoms with Gasteiger partial charge < -0.3 is 35.8 Å². The van der Waals surface area contributed by atoms with Gasteiger partial charge in [-0.3, -0.25) is 0 Å². The van der Waals surface area contributed by atoms with Gasteiger partial charge in [-0.1, -0.05) is 12.1 Å². The molecule has 0 fully saturated rings. The van der Waals surface area contributed by atoms with Crippen LogP contribution in [0.4, 0.5) is 62.8 Å². The number of aryl methyl sites for hydroxylation is 2. The number of rotatable bonds is 10. The lowest BCUT2D eigenvalue weighted by Gasteiger charge is -2.33. The Balaban J connectivity index is 0.000000199. The number of ether oxygens (including phenoxy) is 1. The maximum absolute atomic E-state index is 13.1.